The largest absolute Gasteiger partial charge is 0.497 e. The van der Waals surface area contributed by atoms with Crippen molar-refractivity contribution in [3.63, 3.8) is 0 Å². The highest BCUT2D eigenvalue weighted by Gasteiger charge is 2.29. The zero-order valence-electron chi connectivity index (χ0n) is 11.5. The van der Waals surface area contributed by atoms with E-state index in [9.17, 15) is 9.90 Å². The molecule has 0 radical (unpaired) electrons. The van der Waals surface area contributed by atoms with Crippen LogP contribution in [0.15, 0.2) is 24.3 Å². The number of carbonyl (C=O) groups is 1. The Labute approximate surface area is 114 Å². The van der Waals surface area contributed by atoms with Gasteiger partial charge in [-0.2, -0.15) is 0 Å². The topological polar surface area (TPSA) is 49.8 Å². The second-order valence-electron chi connectivity index (χ2n) is 5.06. The molecule has 1 aliphatic carbocycles. The molecule has 0 aromatic heterocycles. The number of hydrogen-bond acceptors (Lipinski definition) is 3. The van der Waals surface area contributed by atoms with Crippen molar-refractivity contribution in [2.24, 2.45) is 0 Å². The van der Waals surface area contributed by atoms with Crippen LogP contribution in [-0.2, 0) is 0 Å². The summed E-state index contributed by atoms with van der Waals surface area (Å²) in [5, 5.41) is 10.0. The molecule has 1 saturated carbocycles. The molecule has 1 N–H and O–H groups in total. The number of likely N-dealkylation sites (N-methyl/N-ethyl adjacent to an activating group) is 1. The fourth-order valence-electron chi connectivity index (χ4n) is 2.63. The van der Waals surface area contributed by atoms with Crippen molar-refractivity contribution in [3.05, 3.63) is 29.8 Å². The van der Waals surface area contributed by atoms with Crippen LogP contribution in [0.25, 0.3) is 0 Å². The third-order valence-electron chi connectivity index (χ3n) is 3.85. The molecule has 104 valence electrons. The minimum atomic E-state index is -0.402. The van der Waals surface area contributed by atoms with E-state index < -0.39 is 6.10 Å². The lowest BCUT2D eigenvalue weighted by atomic mass is 9.91. The van der Waals surface area contributed by atoms with E-state index in [4.69, 9.17) is 4.74 Å². The van der Waals surface area contributed by atoms with Crippen LogP contribution in [0, 0.1) is 0 Å². The first-order valence-corrected chi connectivity index (χ1v) is 6.72. The zero-order chi connectivity index (χ0) is 13.8. The summed E-state index contributed by atoms with van der Waals surface area (Å²) in [7, 11) is 3.37. The minimum absolute atomic E-state index is 0.0476. The quantitative estimate of drug-likeness (QED) is 0.908. The van der Waals surface area contributed by atoms with E-state index >= 15 is 0 Å². The van der Waals surface area contributed by atoms with Gasteiger partial charge in [-0.15, -0.1) is 0 Å². The summed E-state index contributed by atoms with van der Waals surface area (Å²) < 4.78 is 5.08. The normalized spacial score (nSPS) is 22.9. The highest BCUT2D eigenvalue weighted by atomic mass is 16.5. The lowest BCUT2D eigenvalue weighted by Crippen LogP contribution is -2.46. The molecule has 2 rings (SSSR count). The molecule has 4 nitrogen and oxygen atoms in total. The lowest BCUT2D eigenvalue weighted by Gasteiger charge is -2.35. The predicted octanol–water partition coefficient (Wildman–Crippen LogP) is 2.07. The molecule has 0 heterocycles. The van der Waals surface area contributed by atoms with E-state index in [-0.39, 0.29) is 11.9 Å². The Bertz CT molecular complexity index is 430. The highest BCUT2D eigenvalue weighted by Crippen LogP contribution is 2.24. The van der Waals surface area contributed by atoms with Gasteiger partial charge in [0, 0.05) is 12.6 Å². The van der Waals surface area contributed by atoms with E-state index in [1.165, 1.54) is 0 Å². The summed E-state index contributed by atoms with van der Waals surface area (Å²) in [4.78, 5) is 14.0. The van der Waals surface area contributed by atoms with E-state index in [0.717, 1.165) is 31.4 Å². The van der Waals surface area contributed by atoms with E-state index in [1.54, 1.807) is 43.3 Å². The summed E-state index contributed by atoms with van der Waals surface area (Å²) in [5.41, 5.74) is 0.626. The van der Waals surface area contributed by atoms with Crippen LogP contribution in [0.5, 0.6) is 5.75 Å². The van der Waals surface area contributed by atoms with Gasteiger partial charge in [0.25, 0.3) is 5.91 Å². The number of hydrogen-bond donors (Lipinski definition) is 1. The van der Waals surface area contributed by atoms with Gasteiger partial charge in [-0.3, -0.25) is 4.79 Å². The van der Waals surface area contributed by atoms with Crippen molar-refractivity contribution in [1.82, 2.24) is 4.90 Å². The number of methoxy groups -OCH3 is 1. The van der Waals surface area contributed by atoms with Crippen LogP contribution in [0.3, 0.4) is 0 Å². The first-order chi connectivity index (χ1) is 9.13. The van der Waals surface area contributed by atoms with Gasteiger partial charge in [0.1, 0.15) is 5.75 Å². The van der Waals surface area contributed by atoms with E-state index in [0.29, 0.717) is 5.56 Å². The summed E-state index contributed by atoms with van der Waals surface area (Å²) in [6.07, 6.45) is 3.37. The maximum Gasteiger partial charge on any atom is 0.253 e. The highest BCUT2D eigenvalue weighted by molar-refractivity contribution is 5.94. The molecule has 0 bridgehead atoms. The van der Waals surface area contributed by atoms with Crippen molar-refractivity contribution >= 4 is 5.91 Å². The van der Waals surface area contributed by atoms with Crippen molar-refractivity contribution in [2.75, 3.05) is 14.2 Å². The number of aliphatic hydroxyl groups excluding tert-OH is 1. The average molecular weight is 263 g/mol. The van der Waals surface area contributed by atoms with Crippen LogP contribution in [0.4, 0.5) is 0 Å². The molecule has 1 aromatic rings. The molecular weight excluding hydrogens is 242 g/mol. The third kappa shape index (κ3) is 3.07. The Hall–Kier alpha value is -1.55. The van der Waals surface area contributed by atoms with Crippen molar-refractivity contribution in [1.29, 1.82) is 0 Å². The SMILES string of the molecule is COc1ccc(C(=O)N(C)[C@H]2CCCC[C@H]2O)cc1. The van der Waals surface area contributed by atoms with Crippen LogP contribution in [0.2, 0.25) is 0 Å². The molecule has 1 aliphatic rings. The number of nitrogens with zero attached hydrogens (tertiary/aromatic N) is 1. The molecule has 0 unspecified atom stereocenters. The molecule has 1 aromatic carbocycles. The molecule has 19 heavy (non-hydrogen) atoms. The van der Waals surface area contributed by atoms with Gasteiger partial charge in [-0.1, -0.05) is 12.8 Å². The molecule has 2 atom stereocenters. The number of rotatable bonds is 3. The molecule has 1 fully saturated rings. The molecule has 0 saturated heterocycles. The predicted molar refractivity (Wildman–Crippen MR) is 73.4 cm³/mol. The van der Waals surface area contributed by atoms with E-state index in [2.05, 4.69) is 0 Å². The number of ether oxygens (including phenoxy) is 1. The fraction of sp³-hybridized carbons (Fsp3) is 0.533. The molecule has 1 amide bonds. The van der Waals surface area contributed by atoms with Crippen molar-refractivity contribution in [3.8, 4) is 5.75 Å². The van der Waals surface area contributed by atoms with E-state index in [1.807, 2.05) is 0 Å². The van der Waals surface area contributed by atoms with Gasteiger partial charge in [0.15, 0.2) is 0 Å². The Morgan fingerprint density at radius 1 is 1.26 bits per heavy atom. The van der Waals surface area contributed by atoms with Gasteiger partial charge >= 0.3 is 0 Å². The summed E-state index contributed by atoms with van der Waals surface area (Å²) >= 11 is 0. The number of carbonyl (C=O) groups excluding carboxylic acids is 1. The number of amides is 1. The Morgan fingerprint density at radius 3 is 2.47 bits per heavy atom. The second kappa shape index (κ2) is 6.06. The maximum absolute atomic E-state index is 12.4. The number of aliphatic hydroxyl groups is 1. The summed E-state index contributed by atoms with van der Waals surface area (Å²) in [6.45, 7) is 0. The Balaban J connectivity index is 2.08. The molecular formula is C15H21NO3. The smallest absolute Gasteiger partial charge is 0.253 e. The van der Waals surface area contributed by atoms with Gasteiger partial charge in [0.2, 0.25) is 0 Å². The minimum Gasteiger partial charge on any atom is -0.497 e. The van der Waals surface area contributed by atoms with Crippen LogP contribution in [-0.4, -0.2) is 42.2 Å². The van der Waals surface area contributed by atoms with Gasteiger partial charge in [-0.05, 0) is 37.1 Å². The van der Waals surface area contributed by atoms with Crippen LogP contribution >= 0.6 is 0 Å². The molecule has 0 aliphatic heterocycles. The maximum atomic E-state index is 12.4. The Morgan fingerprint density at radius 2 is 1.89 bits per heavy atom. The van der Waals surface area contributed by atoms with Gasteiger partial charge < -0.3 is 14.7 Å². The molecule has 4 heteroatoms. The van der Waals surface area contributed by atoms with Crippen molar-refractivity contribution in [2.45, 2.75) is 37.8 Å². The van der Waals surface area contributed by atoms with Gasteiger partial charge in [-0.25, -0.2) is 0 Å². The van der Waals surface area contributed by atoms with Crippen molar-refractivity contribution < 1.29 is 14.6 Å². The second-order valence-corrected chi connectivity index (χ2v) is 5.06. The fourth-order valence-corrected chi connectivity index (χ4v) is 2.63. The summed E-state index contributed by atoms with van der Waals surface area (Å²) in [5.74, 6) is 0.686. The van der Waals surface area contributed by atoms with Gasteiger partial charge in [0.05, 0.1) is 19.3 Å². The first kappa shape index (κ1) is 13.9. The average Bonchev–Trinajstić information content (AvgIpc) is 2.46. The van der Waals surface area contributed by atoms with Crippen LogP contribution in [0.1, 0.15) is 36.0 Å². The monoisotopic (exact) mass is 263 g/mol. The first-order valence-electron chi connectivity index (χ1n) is 6.72. The number of benzene rings is 1. The zero-order valence-corrected chi connectivity index (χ0v) is 11.5. The molecule has 0 spiro atoms. The standard InChI is InChI=1S/C15H21NO3/c1-16(13-5-3-4-6-14(13)17)15(18)11-7-9-12(19-2)10-8-11/h7-10,13-14,17H,3-6H2,1-2H3/t13-,14+/m0/s1. The Kier molecular flexibility index (Phi) is 4.43. The summed E-state index contributed by atoms with van der Waals surface area (Å²) in [6, 6.07) is 7.00. The lowest BCUT2D eigenvalue weighted by molar-refractivity contribution is 0.0268. The van der Waals surface area contributed by atoms with Crippen LogP contribution < -0.4 is 4.74 Å². The third-order valence-corrected chi connectivity index (χ3v) is 3.85.